The highest BCUT2D eigenvalue weighted by Gasteiger charge is 2.21. The summed E-state index contributed by atoms with van der Waals surface area (Å²) in [5.41, 5.74) is 7.96. The average molecular weight is 274 g/mol. The molecule has 1 heterocycles. The first-order chi connectivity index (χ1) is 9.26. The summed E-state index contributed by atoms with van der Waals surface area (Å²) in [6.07, 6.45) is 4.00. The Kier molecular flexibility index (Phi) is 3.53. The first-order valence-electron chi connectivity index (χ1n) is 6.70. The van der Waals surface area contributed by atoms with E-state index in [1.54, 1.807) is 17.4 Å². The maximum absolute atomic E-state index is 9.82. The second-order valence-corrected chi connectivity index (χ2v) is 6.30. The molecule has 4 heteroatoms. The van der Waals surface area contributed by atoms with Gasteiger partial charge < -0.3 is 10.8 Å². The second kappa shape index (κ2) is 5.31. The van der Waals surface area contributed by atoms with E-state index in [-0.39, 0.29) is 0 Å². The molecule has 1 atom stereocenters. The van der Waals surface area contributed by atoms with Gasteiger partial charge in [0.05, 0.1) is 10.7 Å². The molecule has 0 aliphatic heterocycles. The standard InChI is InChI=1S/C15H18N2OS/c16-9-10-5-6-12-14(7-10)19-15(17-12)8-11-3-1-2-4-13(11)18/h1-4,10,18H,5-9,16H2. The van der Waals surface area contributed by atoms with Crippen molar-refractivity contribution in [3.8, 4) is 5.75 Å². The normalized spacial score (nSPS) is 18.3. The first kappa shape index (κ1) is 12.6. The summed E-state index contributed by atoms with van der Waals surface area (Å²) in [5, 5.41) is 10.9. The van der Waals surface area contributed by atoms with E-state index in [1.165, 1.54) is 10.6 Å². The fraction of sp³-hybridized carbons (Fsp3) is 0.400. The zero-order chi connectivity index (χ0) is 13.2. The Balaban J connectivity index is 1.80. The van der Waals surface area contributed by atoms with E-state index >= 15 is 0 Å². The van der Waals surface area contributed by atoms with Crippen LogP contribution in [0.4, 0.5) is 0 Å². The number of phenols is 1. The van der Waals surface area contributed by atoms with E-state index in [0.717, 1.165) is 42.8 Å². The van der Waals surface area contributed by atoms with E-state index in [4.69, 9.17) is 10.7 Å². The third-order valence-electron chi connectivity index (χ3n) is 3.75. The Morgan fingerprint density at radius 1 is 1.37 bits per heavy atom. The number of aryl methyl sites for hydroxylation is 1. The molecule has 0 bridgehead atoms. The average Bonchev–Trinajstić information content (AvgIpc) is 2.82. The van der Waals surface area contributed by atoms with Crippen LogP contribution in [0.1, 0.15) is 27.6 Å². The van der Waals surface area contributed by atoms with Gasteiger partial charge in [0.1, 0.15) is 5.75 Å². The lowest BCUT2D eigenvalue weighted by atomic mass is 9.91. The van der Waals surface area contributed by atoms with Crippen LogP contribution in [0.15, 0.2) is 24.3 Å². The molecule has 100 valence electrons. The Hall–Kier alpha value is -1.39. The summed E-state index contributed by atoms with van der Waals surface area (Å²) in [5.74, 6) is 0.974. The number of aromatic nitrogens is 1. The van der Waals surface area contributed by atoms with Crippen LogP contribution in [0.3, 0.4) is 0 Å². The summed E-state index contributed by atoms with van der Waals surface area (Å²) in [4.78, 5) is 6.12. The smallest absolute Gasteiger partial charge is 0.119 e. The van der Waals surface area contributed by atoms with Gasteiger partial charge in [-0.2, -0.15) is 0 Å². The van der Waals surface area contributed by atoms with Gasteiger partial charge in [0, 0.05) is 16.9 Å². The zero-order valence-corrected chi connectivity index (χ0v) is 11.6. The quantitative estimate of drug-likeness (QED) is 0.904. The molecule has 2 aromatic rings. The monoisotopic (exact) mass is 274 g/mol. The Morgan fingerprint density at radius 3 is 3.00 bits per heavy atom. The van der Waals surface area contributed by atoms with Crippen LogP contribution in [0, 0.1) is 5.92 Å². The number of nitrogens with zero attached hydrogens (tertiary/aromatic N) is 1. The molecule has 1 aliphatic carbocycles. The van der Waals surface area contributed by atoms with Crippen molar-refractivity contribution < 1.29 is 5.11 Å². The largest absolute Gasteiger partial charge is 0.508 e. The summed E-state index contributed by atoms with van der Waals surface area (Å²) >= 11 is 1.78. The fourth-order valence-electron chi connectivity index (χ4n) is 2.60. The van der Waals surface area contributed by atoms with Crippen LogP contribution in [0.5, 0.6) is 5.75 Å². The number of aromatic hydroxyl groups is 1. The molecule has 0 saturated carbocycles. The van der Waals surface area contributed by atoms with Gasteiger partial charge in [0.2, 0.25) is 0 Å². The number of benzene rings is 1. The number of fused-ring (bicyclic) bond motifs is 1. The summed E-state index contributed by atoms with van der Waals surface area (Å²) < 4.78 is 0. The van der Waals surface area contributed by atoms with E-state index < -0.39 is 0 Å². The molecule has 19 heavy (non-hydrogen) atoms. The Bertz CT molecular complexity index is 579. The topological polar surface area (TPSA) is 59.1 Å². The minimum atomic E-state index is 0.357. The van der Waals surface area contributed by atoms with E-state index in [9.17, 15) is 5.11 Å². The molecule has 3 rings (SSSR count). The van der Waals surface area contributed by atoms with Crippen molar-refractivity contribution in [1.82, 2.24) is 4.98 Å². The number of hydrogen-bond donors (Lipinski definition) is 2. The molecular formula is C15H18N2OS. The van der Waals surface area contributed by atoms with Crippen molar-refractivity contribution in [3.63, 3.8) is 0 Å². The molecule has 0 fully saturated rings. The highest BCUT2D eigenvalue weighted by atomic mass is 32.1. The zero-order valence-electron chi connectivity index (χ0n) is 10.8. The molecule has 1 aliphatic rings. The SMILES string of the molecule is NCC1CCc2nc(Cc3ccccc3O)sc2C1. The minimum absolute atomic E-state index is 0.357. The van der Waals surface area contributed by atoms with Crippen molar-refractivity contribution in [2.45, 2.75) is 25.7 Å². The Labute approximate surface area is 117 Å². The number of para-hydroxylation sites is 1. The summed E-state index contributed by atoms with van der Waals surface area (Å²) in [6.45, 7) is 0.770. The molecule has 0 radical (unpaired) electrons. The van der Waals surface area contributed by atoms with Crippen LogP contribution in [-0.4, -0.2) is 16.6 Å². The Morgan fingerprint density at radius 2 is 2.21 bits per heavy atom. The van der Waals surface area contributed by atoms with Crippen molar-refractivity contribution in [3.05, 3.63) is 45.4 Å². The molecule has 1 aromatic carbocycles. The third kappa shape index (κ3) is 2.65. The molecule has 1 unspecified atom stereocenters. The van der Waals surface area contributed by atoms with Gasteiger partial charge in [-0.3, -0.25) is 0 Å². The molecule has 0 spiro atoms. The first-order valence-corrected chi connectivity index (χ1v) is 7.52. The van der Waals surface area contributed by atoms with Gasteiger partial charge in [-0.1, -0.05) is 18.2 Å². The molecule has 1 aromatic heterocycles. The van der Waals surface area contributed by atoms with E-state index in [2.05, 4.69) is 0 Å². The maximum Gasteiger partial charge on any atom is 0.119 e. The number of thiazole rings is 1. The minimum Gasteiger partial charge on any atom is -0.508 e. The molecule has 0 amide bonds. The summed E-state index contributed by atoms with van der Waals surface area (Å²) in [7, 11) is 0. The van der Waals surface area contributed by atoms with Gasteiger partial charge in [-0.05, 0) is 37.8 Å². The van der Waals surface area contributed by atoms with Gasteiger partial charge in [-0.15, -0.1) is 11.3 Å². The lowest BCUT2D eigenvalue weighted by Crippen LogP contribution is -2.21. The van der Waals surface area contributed by atoms with Crippen LogP contribution >= 0.6 is 11.3 Å². The van der Waals surface area contributed by atoms with Gasteiger partial charge >= 0.3 is 0 Å². The van der Waals surface area contributed by atoms with Crippen LogP contribution in [0.2, 0.25) is 0 Å². The van der Waals surface area contributed by atoms with Gasteiger partial charge in [0.15, 0.2) is 0 Å². The molecular weight excluding hydrogens is 256 g/mol. The molecule has 0 saturated heterocycles. The number of rotatable bonds is 3. The lowest BCUT2D eigenvalue weighted by Gasteiger charge is -2.18. The predicted molar refractivity (Wildman–Crippen MR) is 77.6 cm³/mol. The predicted octanol–water partition coefficient (Wildman–Crippen LogP) is 2.50. The van der Waals surface area contributed by atoms with Crippen molar-refractivity contribution in [2.24, 2.45) is 11.7 Å². The van der Waals surface area contributed by atoms with Gasteiger partial charge in [-0.25, -0.2) is 4.98 Å². The number of hydrogen-bond acceptors (Lipinski definition) is 4. The summed E-state index contributed by atoms with van der Waals surface area (Å²) in [6, 6.07) is 7.48. The van der Waals surface area contributed by atoms with Crippen LogP contribution in [0.25, 0.3) is 0 Å². The molecule has 3 N–H and O–H groups in total. The highest BCUT2D eigenvalue weighted by Crippen LogP contribution is 2.31. The third-order valence-corrected chi connectivity index (χ3v) is 4.87. The van der Waals surface area contributed by atoms with Crippen molar-refractivity contribution in [1.29, 1.82) is 0 Å². The number of phenolic OH excluding ortho intramolecular Hbond substituents is 1. The molecule has 3 nitrogen and oxygen atoms in total. The number of nitrogens with two attached hydrogens (primary N) is 1. The van der Waals surface area contributed by atoms with Crippen LogP contribution < -0.4 is 5.73 Å². The fourth-order valence-corrected chi connectivity index (χ4v) is 3.85. The highest BCUT2D eigenvalue weighted by molar-refractivity contribution is 7.11. The lowest BCUT2D eigenvalue weighted by molar-refractivity contribution is 0.468. The van der Waals surface area contributed by atoms with E-state index in [0.29, 0.717) is 11.7 Å². The van der Waals surface area contributed by atoms with Gasteiger partial charge in [0.25, 0.3) is 0 Å². The van der Waals surface area contributed by atoms with Crippen LogP contribution in [-0.2, 0) is 19.3 Å². The van der Waals surface area contributed by atoms with E-state index in [1.807, 2.05) is 18.2 Å². The van der Waals surface area contributed by atoms with Crippen molar-refractivity contribution >= 4 is 11.3 Å². The second-order valence-electron chi connectivity index (χ2n) is 5.13. The maximum atomic E-state index is 9.82. The van der Waals surface area contributed by atoms with Crippen molar-refractivity contribution in [2.75, 3.05) is 6.54 Å².